The van der Waals surface area contributed by atoms with E-state index in [-0.39, 0.29) is 24.4 Å². The molecule has 57 heavy (non-hydrogen) atoms. The number of rotatable bonds is 20. The van der Waals surface area contributed by atoms with Crippen molar-refractivity contribution in [2.24, 2.45) is 5.41 Å². The van der Waals surface area contributed by atoms with Crippen LogP contribution in [0.3, 0.4) is 0 Å². The first-order valence-corrected chi connectivity index (χ1v) is 20.5. The highest BCUT2D eigenvalue weighted by molar-refractivity contribution is 6.17. The van der Waals surface area contributed by atoms with Crippen molar-refractivity contribution in [2.45, 2.75) is 51.4 Å². The molecule has 4 aromatic rings. The number of allylic oxidation sites excluding steroid dienone is 2. The SMILES string of the molecule is COc1cc(/C=C/C(=O)C(Cc2ccccc2)(Cc2ccccc2)C(=O)/C=C/c2ccc(OCCN3CCCCC3)c(OC)c2)ccc1OCCN1CCCCC1. The molecule has 6 rings (SSSR count). The van der Waals surface area contributed by atoms with E-state index < -0.39 is 5.41 Å². The summed E-state index contributed by atoms with van der Waals surface area (Å²) >= 11 is 0. The van der Waals surface area contributed by atoms with Crippen molar-refractivity contribution < 1.29 is 28.5 Å². The van der Waals surface area contributed by atoms with Crippen molar-refractivity contribution in [1.82, 2.24) is 9.80 Å². The van der Waals surface area contributed by atoms with Gasteiger partial charge in [0.25, 0.3) is 0 Å². The second-order valence-corrected chi connectivity index (χ2v) is 15.1. The van der Waals surface area contributed by atoms with Crippen LogP contribution in [-0.2, 0) is 22.4 Å². The number of benzene rings is 4. The van der Waals surface area contributed by atoms with Gasteiger partial charge in [0.2, 0.25) is 0 Å². The van der Waals surface area contributed by atoms with Gasteiger partial charge in [0.1, 0.15) is 18.6 Å². The smallest absolute Gasteiger partial charge is 0.170 e. The Labute approximate surface area is 339 Å². The molecule has 0 radical (unpaired) electrons. The molecular weight excluding hydrogens is 713 g/mol. The highest BCUT2D eigenvalue weighted by Gasteiger charge is 2.43. The second kappa shape index (κ2) is 21.4. The van der Waals surface area contributed by atoms with Gasteiger partial charge in [-0.1, -0.05) is 97.8 Å². The summed E-state index contributed by atoms with van der Waals surface area (Å²) in [6.07, 6.45) is 14.6. The van der Waals surface area contributed by atoms with Crippen LogP contribution in [0.2, 0.25) is 0 Å². The van der Waals surface area contributed by atoms with Crippen LogP contribution in [0.1, 0.15) is 60.8 Å². The maximum atomic E-state index is 14.7. The minimum Gasteiger partial charge on any atom is -0.493 e. The Hall–Kier alpha value is -5.18. The van der Waals surface area contributed by atoms with Gasteiger partial charge in [0, 0.05) is 13.1 Å². The predicted octanol–water partition coefficient (Wildman–Crippen LogP) is 8.77. The summed E-state index contributed by atoms with van der Waals surface area (Å²) in [7, 11) is 3.24. The standard InChI is InChI=1S/C49H58N2O6/c1-54-45-35-39(19-23-43(45)56-33-31-50-27-11-5-12-28-50)21-25-47(52)49(37-41-15-7-3-8-16-41,38-42-17-9-4-10-18-42)48(53)26-22-40-20-24-44(46(36-40)55-2)57-34-32-51-29-13-6-14-30-51/h3-4,7-10,15-26,35-36H,5-6,11-14,27-34,37-38H2,1-2H3/b25-21+,26-22+. The van der Waals surface area contributed by atoms with Gasteiger partial charge in [-0.05, 0) is 123 Å². The number of likely N-dealkylation sites (tertiary alicyclic amines) is 2. The third kappa shape index (κ3) is 11.9. The molecule has 0 N–H and O–H groups in total. The molecule has 4 aromatic carbocycles. The van der Waals surface area contributed by atoms with Crippen molar-refractivity contribution in [1.29, 1.82) is 0 Å². The summed E-state index contributed by atoms with van der Waals surface area (Å²) in [6, 6.07) is 30.8. The van der Waals surface area contributed by atoms with Crippen molar-refractivity contribution in [3.05, 3.63) is 131 Å². The zero-order valence-electron chi connectivity index (χ0n) is 33.7. The maximum absolute atomic E-state index is 14.7. The second-order valence-electron chi connectivity index (χ2n) is 15.1. The first-order chi connectivity index (χ1) is 28.0. The van der Waals surface area contributed by atoms with Crippen LogP contribution >= 0.6 is 0 Å². The highest BCUT2D eigenvalue weighted by atomic mass is 16.5. The molecule has 0 saturated carbocycles. The summed E-state index contributed by atoms with van der Waals surface area (Å²) < 4.78 is 23.7. The Morgan fingerprint density at radius 3 is 1.33 bits per heavy atom. The topological polar surface area (TPSA) is 77.5 Å². The molecule has 0 spiro atoms. The van der Waals surface area contributed by atoms with Crippen LogP contribution in [-0.4, -0.2) is 88.1 Å². The molecule has 0 bridgehead atoms. The van der Waals surface area contributed by atoms with Gasteiger partial charge in [0.05, 0.1) is 14.2 Å². The monoisotopic (exact) mass is 770 g/mol. The van der Waals surface area contributed by atoms with Crippen LogP contribution in [0, 0.1) is 5.41 Å². The molecule has 300 valence electrons. The lowest BCUT2D eigenvalue weighted by Crippen LogP contribution is -2.42. The first kappa shape index (κ1) is 41.5. The molecule has 0 amide bonds. The van der Waals surface area contributed by atoms with Crippen molar-refractivity contribution in [3.63, 3.8) is 0 Å². The van der Waals surface area contributed by atoms with Crippen LogP contribution in [0.25, 0.3) is 12.2 Å². The van der Waals surface area contributed by atoms with E-state index in [0.29, 0.717) is 36.2 Å². The number of ether oxygens (including phenoxy) is 4. The van der Waals surface area contributed by atoms with E-state index >= 15 is 0 Å². The van der Waals surface area contributed by atoms with E-state index in [9.17, 15) is 9.59 Å². The fraction of sp³-hybridized carbons (Fsp3) is 0.388. The van der Waals surface area contributed by atoms with Crippen LogP contribution in [0.5, 0.6) is 23.0 Å². The summed E-state index contributed by atoms with van der Waals surface area (Å²) in [4.78, 5) is 34.3. The van der Waals surface area contributed by atoms with Gasteiger partial charge in [-0.2, -0.15) is 0 Å². The third-order valence-electron chi connectivity index (χ3n) is 11.1. The van der Waals surface area contributed by atoms with Gasteiger partial charge < -0.3 is 18.9 Å². The molecular formula is C49H58N2O6. The van der Waals surface area contributed by atoms with Crippen LogP contribution in [0.4, 0.5) is 0 Å². The Bertz CT molecular complexity index is 1790. The van der Waals surface area contributed by atoms with Gasteiger partial charge in [-0.3, -0.25) is 19.4 Å². The molecule has 0 atom stereocenters. The summed E-state index contributed by atoms with van der Waals surface area (Å²) in [5.74, 6) is 1.96. The predicted molar refractivity (Wildman–Crippen MR) is 228 cm³/mol. The lowest BCUT2D eigenvalue weighted by molar-refractivity contribution is -0.135. The molecule has 0 aliphatic carbocycles. The highest BCUT2D eigenvalue weighted by Crippen LogP contribution is 2.35. The minimum absolute atomic E-state index is 0.231. The Balaban J connectivity index is 1.23. The van der Waals surface area contributed by atoms with Gasteiger partial charge >= 0.3 is 0 Å². The van der Waals surface area contributed by atoms with Crippen molar-refractivity contribution in [3.8, 4) is 23.0 Å². The minimum atomic E-state index is -1.42. The lowest BCUT2D eigenvalue weighted by atomic mass is 9.69. The number of piperidine rings is 2. The van der Waals surface area contributed by atoms with Crippen LogP contribution < -0.4 is 18.9 Å². The number of carbonyl (C=O) groups is 2. The zero-order valence-corrected chi connectivity index (χ0v) is 33.7. The summed E-state index contributed by atoms with van der Waals surface area (Å²) in [6.45, 7) is 7.35. The van der Waals surface area contributed by atoms with Gasteiger partial charge in [-0.15, -0.1) is 0 Å². The van der Waals surface area contributed by atoms with E-state index in [4.69, 9.17) is 18.9 Å². The molecule has 8 heteroatoms. The fourth-order valence-corrected chi connectivity index (χ4v) is 7.83. The van der Waals surface area contributed by atoms with Gasteiger partial charge in [-0.25, -0.2) is 0 Å². The van der Waals surface area contributed by atoms with Crippen molar-refractivity contribution in [2.75, 3.05) is 66.7 Å². The van der Waals surface area contributed by atoms with E-state index in [1.807, 2.05) is 97.1 Å². The Morgan fingerprint density at radius 1 is 0.544 bits per heavy atom. The normalized spacial score (nSPS) is 15.5. The molecule has 2 fully saturated rings. The Kier molecular flexibility index (Phi) is 15.5. The fourth-order valence-electron chi connectivity index (χ4n) is 7.83. The number of hydrogen-bond acceptors (Lipinski definition) is 8. The van der Waals surface area contributed by atoms with Crippen molar-refractivity contribution >= 4 is 23.7 Å². The molecule has 2 aliphatic rings. The number of carbonyl (C=O) groups excluding carboxylic acids is 2. The number of nitrogens with zero attached hydrogens (tertiary/aromatic N) is 2. The summed E-state index contributed by atoms with van der Waals surface area (Å²) in [5.41, 5.74) is 1.92. The first-order valence-electron chi connectivity index (χ1n) is 20.5. The molecule has 8 nitrogen and oxygen atoms in total. The van der Waals surface area contributed by atoms with E-state index in [1.165, 1.54) is 38.5 Å². The maximum Gasteiger partial charge on any atom is 0.170 e. The molecule has 2 aliphatic heterocycles. The number of methoxy groups -OCH3 is 2. The average Bonchev–Trinajstić information content (AvgIpc) is 3.26. The van der Waals surface area contributed by atoms with Gasteiger partial charge in [0.15, 0.2) is 34.6 Å². The lowest BCUT2D eigenvalue weighted by Gasteiger charge is -2.29. The Morgan fingerprint density at radius 2 is 0.947 bits per heavy atom. The zero-order chi connectivity index (χ0) is 39.7. The summed E-state index contributed by atoms with van der Waals surface area (Å²) in [5, 5.41) is 0. The quantitative estimate of drug-likeness (QED) is 0.0653. The molecule has 2 saturated heterocycles. The van der Waals surface area contributed by atoms with E-state index in [2.05, 4.69) is 9.80 Å². The molecule has 0 unspecified atom stereocenters. The number of ketones is 2. The third-order valence-corrected chi connectivity index (χ3v) is 11.1. The average molecular weight is 771 g/mol. The van der Waals surface area contributed by atoms with E-state index in [1.54, 1.807) is 38.5 Å². The number of hydrogen-bond donors (Lipinski definition) is 0. The van der Waals surface area contributed by atoms with E-state index in [0.717, 1.165) is 61.5 Å². The molecule has 2 heterocycles. The largest absolute Gasteiger partial charge is 0.493 e. The molecule has 0 aromatic heterocycles. The van der Waals surface area contributed by atoms with Crippen LogP contribution in [0.15, 0.2) is 109 Å².